The number of halogens is 3. The first-order chi connectivity index (χ1) is 29.6. The molecule has 0 aromatic carbocycles. The molecule has 17 heteroatoms. The Morgan fingerprint density at radius 1 is 0.952 bits per heavy atom. The highest BCUT2D eigenvalue weighted by Gasteiger charge is 2.60. The molecule has 0 unspecified atom stereocenters. The number of aliphatic hydroxyl groups excluding tert-OH is 2. The minimum atomic E-state index is -5.47. The highest BCUT2D eigenvalue weighted by Crippen LogP contribution is 2.40. The van der Waals surface area contributed by atoms with E-state index in [9.17, 15) is 47.4 Å². The second kappa shape index (κ2) is 22.6. The van der Waals surface area contributed by atoms with E-state index in [0.29, 0.717) is 44.1 Å². The molecule has 1 saturated carbocycles. The van der Waals surface area contributed by atoms with Crippen molar-refractivity contribution in [2.75, 3.05) is 27.9 Å². The highest BCUT2D eigenvalue weighted by atomic mass is 19.4. The molecule has 1 aliphatic carbocycles. The highest BCUT2D eigenvalue weighted by molar-refractivity contribution is 6.40. The van der Waals surface area contributed by atoms with Crippen molar-refractivity contribution in [2.45, 2.75) is 166 Å². The number of fused-ring (bicyclic) bond motifs is 3. The zero-order valence-electron chi connectivity index (χ0n) is 38.0. The summed E-state index contributed by atoms with van der Waals surface area (Å²) < 4.78 is 71.9. The Morgan fingerprint density at radius 2 is 1.60 bits per heavy atom. The summed E-state index contributed by atoms with van der Waals surface area (Å²) >= 11 is 0. The first-order valence-electron chi connectivity index (χ1n) is 22.2. The van der Waals surface area contributed by atoms with Crippen LogP contribution in [0.1, 0.15) is 105 Å². The average molecular weight is 899 g/mol. The van der Waals surface area contributed by atoms with E-state index < -0.39 is 102 Å². The Morgan fingerprint density at radius 3 is 2.22 bits per heavy atom. The van der Waals surface area contributed by atoms with Crippen molar-refractivity contribution >= 4 is 29.4 Å². The molecule has 0 radical (unpaired) electrons. The normalized spacial score (nSPS) is 38.4. The summed E-state index contributed by atoms with van der Waals surface area (Å²) in [6.45, 7) is 12.2. The van der Waals surface area contributed by atoms with Crippen LogP contribution in [-0.4, -0.2) is 133 Å². The summed E-state index contributed by atoms with van der Waals surface area (Å²) in [5.41, 5.74) is -1.48. The van der Waals surface area contributed by atoms with Crippen LogP contribution in [0.25, 0.3) is 0 Å². The van der Waals surface area contributed by atoms with Crippen molar-refractivity contribution in [3.63, 3.8) is 0 Å². The number of piperidine rings is 1. The second-order valence-corrected chi connectivity index (χ2v) is 18.3. The smallest absolute Gasteiger partial charge is 0.456 e. The Balaban J connectivity index is 1.87. The first kappa shape index (κ1) is 52.1. The molecule has 0 aromatic heterocycles. The number of carbonyl (C=O) groups is 5. The summed E-state index contributed by atoms with van der Waals surface area (Å²) in [7, 11) is 4.25. The number of aliphatic hydroxyl groups is 2. The van der Waals surface area contributed by atoms with Gasteiger partial charge in [-0.15, -0.1) is 6.58 Å². The van der Waals surface area contributed by atoms with Gasteiger partial charge < -0.3 is 44.1 Å². The fourth-order valence-corrected chi connectivity index (χ4v) is 9.89. The van der Waals surface area contributed by atoms with Crippen molar-refractivity contribution in [1.82, 2.24) is 10.2 Å². The molecule has 2 bridgehead atoms. The van der Waals surface area contributed by atoms with E-state index in [-0.39, 0.29) is 56.3 Å². The topological polar surface area (TPSA) is 187 Å². The number of hydrogen-bond acceptors (Lipinski definition) is 12. The number of rotatable bonds is 8. The average Bonchev–Trinajstić information content (AvgIpc) is 3.23. The quantitative estimate of drug-likeness (QED) is 0.162. The number of cyclic esters (lactones) is 1. The lowest BCUT2D eigenvalue weighted by Gasteiger charge is -2.49. The second-order valence-electron chi connectivity index (χ2n) is 18.3. The molecule has 0 spiro atoms. The van der Waals surface area contributed by atoms with Gasteiger partial charge >= 0.3 is 18.1 Å². The summed E-state index contributed by atoms with van der Waals surface area (Å²) in [5.74, 6) is -9.60. The van der Waals surface area contributed by atoms with Crippen LogP contribution in [0.3, 0.4) is 0 Å². The molecule has 356 valence electrons. The predicted octanol–water partition coefficient (Wildman–Crippen LogP) is 5.33. The largest absolute Gasteiger partial charge is 0.471 e. The molecule has 63 heavy (non-hydrogen) atoms. The Kier molecular flexibility index (Phi) is 18.7. The van der Waals surface area contributed by atoms with E-state index >= 15 is 0 Å². The van der Waals surface area contributed by atoms with Crippen LogP contribution in [0.15, 0.2) is 36.0 Å². The molecule has 4 rings (SSSR count). The van der Waals surface area contributed by atoms with Gasteiger partial charge in [-0.3, -0.25) is 19.2 Å². The van der Waals surface area contributed by atoms with Crippen LogP contribution in [-0.2, 0) is 47.7 Å². The van der Waals surface area contributed by atoms with Crippen LogP contribution < -0.4 is 5.32 Å². The lowest BCUT2D eigenvalue weighted by molar-refractivity contribution is -0.247. The van der Waals surface area contributed by atoms with E-state index in [1.807, 2.05) is 26.0 Å². The molecule has 2 amide bonds. The zero-order valence-corrected chi connectivity index (χ0v) is 38.0. The third kappa shape index (κ3) is 12.7. The number of esters is 1. The molecule has 3 aliphatic heterocycles. The van der Waals surface area contributed by atoms with E-state index in [1.165, 1.54) is 28.3 Å². The summed E-state index contributed by atoms with van der Waals surface area (Å²) in [6.07, 6.45) is -3.81. The Labute approximate surface area is 369 Å². The van der Waals surface area contributed by atoms with Gasteiger partial charge in [-0.05, 0) is 95.5 Å². The van der Waals surface area contributed by atoms with Crippen molar-refractivity contribution in [3.05, 3.63) is 36.0 Å². The van der Waals surface area contributed by atoms with Gasteiger partial charge in [0.1, 0.15) is 24.0 Å². The van der Waals surface area contributed by atoms with Gasteiger partial charge in [-0.25, -0.2) is 4.79 Å². The summed E-state index contributed by atoms with van der Waals surface area (Å²) in [5, 5.41) is 24.0. The van der Waals surface area contributed by atoms with Crippen LogP contribution >= 0.6 is 0 Å². The van der Waals surface area contributed by atoms with Crippen molar-refractivity contribution in [3.8, 4) is 0 Å². The van der Waals surface area contributed by atoms with Crippen molar-refractivity contribution < 1.29 is 71.0 Å². The number of allylic oxidation sites excluding steroid dienone is 4. The molecule has 3 heterocycles. The van der Waals surface area contributed by atoms with Crippen molar-refractivity contribution in [1.29, 1.82) is 0 Å². The molecular weight excluding hydrogens is 830 g/mol. The summed E-state index contributed by atoms with van der Waals surface area (Å²) in [6, 6.07) is -1.39. The number of nitrogens with one attached hydrogen (secondary N) is 1. The van der Waals surface area contributed by atoms with E-state index in [1.54, 1.807) is 25.2 Å². The molecule has 14 atom stereocenters. The molecule has 14 nitrogen and oxygen atoms in total. The maximum atomic E-state index is 14.8. The van der Waals surface area contributed by atoms with Crippen LogP contribution in [0.5, 0.6) is 0 Å². The molecule has 4 aliphatic rings. The SMILES string of the molecule is C=CC[C@@H]1/C=C(\C)C[C@H](C)C[C@H](OC)[C@H]2O[C@@](NC(=O)C(F)(F)F)(C(=O)C(=O)N3CCCC[C@H]3C(=O)O[C@H](/C(C)=C/[C@@H]3CC[C@@H](O)[C@H](OC)C3)[C@H](C)[C@@H](O)CC1=O)[C@H](C)C[C@@H]2OC. The van der Waals surface area contributed by atoms with Gasteiger partial charge in [0, 0.05) is 52.0 Å². The molecule has 3 fully saturated rings. The minimum Gasteiger partial charge on any atom is -0.456 e. The summed E-state index contributed by atoms with van der Waals surface area (Å²) in [4.78, 5) is 71.5. The maximum Gasteiger partial charge on any atom is 0.471 e. The first-order valence-corrected chi connectivity index (χ1v) is 22.2. The Hall–Kier alpha value is -3.48. The lowest BCUT2D eigenvalue weighted by Crippen LogP contribution is -2.72. The van der Waals surface area contributed by atoms with Gasteiger partial charge in [0.15, 0.2) is 0 Å². The van der Waals surface area contributed by atoms with E-state index in [2.05, 4.69) is 6.58 Å². The minimum absolute atomic E-state index is 0.0318. The van der Waals surface area contributed by atoms with Crippen LogP contribution in [0, 0.1) is 29.6 Å². The van der Waals surface area contributed by atoms with Gasteiger partial charge in [-0.1, -0.05) is 44.6 Å². The maximum absolute atomic E-state index is 14.8. The number of alkyl halides is 3. The van der Waals surface area contributed by atoms with Gasteiger partial charge in [-0.2, -0.15) is 13.2 Å². The number of carbonyl (C=O) groups excluding carboxylic acids is 5. The fourth-order valence-electron chi connectivity index (χ4n) is 9.89. The molecule has 3 N–H and O–H groups in total. The number of ketones is 2. The van der Waals surface area contributed by atoms with Gasteiger partial charge in [0.2, 0.25) is 5.72 Å². The van der Waals surface area contributed by atoms with Gasteiger partial charge in [0.25, 0.3) is 11.7 Å². The number of hydrogen-bond donors (Lipinski definition) is 3. The number of Topliss-reactive ketones (excluding diaryl/α,β-unsaturated/α-hetero) is 2. The van der Waals surface area contributed by atoms with Gasteiger partial charge in [0.05, 0.1) is 30.5 Å². The monoisotopic (exact) mass is 898 g/mol. The number of amides is 2. The van der Waals surface area contributed by atoms with Crippen molar-refractivity contribution in [2.24, 2.45) is 29.6 Å². The van der Waals surface area contributed by atoms with Crippen LogP contribution in [0.2, 0.25) is 0 Å². The number of nitrogens with zero attached hydrogens (tertiary/aromatic N) is 1. The fraction of sp³-hybridized carbons (Fsp3) is 0.761. The van der Waals surface area contributed by atoms with Crippen LogP contribution in [0.4, 0.5) is 13.2 Å². The third-order valence-electron chi connectivity index (χ3n) is 13.5. The molecule has 2 saturated heterocycles. The van der Waals surface area contributed by atoms with E-state index in [4.69, 9.17) is 23.7 Å². The third-order valence-corrected chi connectivity index (χ3v) is 13.5. The Bertz CT molecular complexity index is 1700. The predicted molar refractivity (Wildman–Crippen MR) is 225 cm³/mol. The molecule has 0 aromatic rings. The number of ether oxygens (including phenoxy) is 5. The molecular formula is C46H69F3N2O12. The standard InChI is InChI=1S/C46H69F3N2O12/c1-10-13-31-19-25(2)18-26(3)20-37(60-8)40-38(61-9)22-28(5)45(63-40,50-44(58)46(47,48)49)41(55)42(56)51-17-12-11-14-32(51)43(57)62-39(29(6)34(53)24-35(31)54)27(4)21-30-15-16-33(52)36(23-30)59-7/h10,19,21,26,28-34,36-40,52-53H,1,11-18,20,22-24H2,2-9H3,(H,50,58)/b25-19+,27-21+/t26-,28+,29+,30-,31+,32-,33+,34-,36+,37-,38-,39+,40+,45+/m0/s1. The van der Waals surface area contributed by atoms with E-state index in [0.717, 1.165) is 10.5 Å². The lowest BCUT2D eigenvalue weighted by atomic mass is 9.80. The zero-order chi connectivity index (χ0) is 47.0. The number of methoxy groups -OCH3 is 3.